The van der Waals surface area contributed by atoms with E-state index >= 15 is 0 Å². The molecule has 1 atom stereocenters. The number of nitro groups is 1. The van der Waals surface area contributed by atoms with Crippen molar-refractivity contribution in [2.45, 2.75) is 13.0 Å². The first-order valence-electron chi connectivity index (χ1n) is 7.62. The number of amides is 1. The molecule has 0 bridgehead atoms. The van der Waals surface area contributed by atoms with E-state index in [-0.39, 0.29) is 11.6 Å². The van der Waals surface area contributed by atoms with Crippen molar-refractivity contribution in [3.05, 3.63) is 65.0 Å². The van der Waals surface area contributed by atoms with Crippen LogP contribution in [-0.4, -0.2) is 26.9 Å². The van der Waals surface area contributed by atoms with Crippen molar-refractivity contribution < 1.29 is 18.9 Å². The van der Waals surface area contributed by atoms with Crippen LogP contribution in [0.1, 0.15) is 6.92 Å². The minimum absolute atomic E-state index is 0.0578. The van der Waals surface area contributed by atoms with Crippen molar-refractivity contribution in [2.75, 3.05) is 5.32 Å². The topological polar surface area (TPSA) is 120 Å². The summed E-state index contributed by atoms with van der Waals surface area (Å²) in [6.45, 7) is 1.55. The van der Waals surface area contributed by atoms with Crippen molar-refractivity contribution in [3.8, 4) is 17.2 Å². The van der Waals surface area contributed by atoms with Gasteiger partial charge in [-0.15, -0.1) is 0 Å². The van der Waals surface area contributed by atoms with Gasteiger partial charge in [0.1, 0.15) is 11.4 Å². The second-order valence-corrected chi connectivity index (χ2v) is 5.24. The molecule has 0 fully saturated rings. The third-order valence-electron chi connectivity index (χ3n) is 3.39. The molecule has 1 amide bonds. The van der Waals surface area contributed by atoms with E-state index in [1.54, 1.807) is 25.1 Å². The molecule has 26 heavy (non-hydrogen) atoms. The van der Waals surface area contributed by atoms with Crippen LogP contribution >= 0.6 is 0 Å². The lowest BCUT2D eigenvalue weighted by Crippen LogP contribution is -2.30. The highest BCUT2D eigenvalue weighted by Crippen LogP contribution is 2.20. The molecule has 0 spiro atoms. The number of nitrogens with one attached hydrogen (secondary N) is 1. The number of ether oxygens (including phenoxy) is 1. The van der Waals surface area contributed by atoms with Crippen LogP contribution in [0.5, 0.6) is 5.75 Å². The highest BCUT2D eigenvalue weighted by molar-refractivity contribution is 5.92. The maximum absolute atomic E-state index is 12.2. The van der Waals surface area contributed by atoms with E-state index in [4.69, 9.17) is 9.15 Å². The van der Waals surface area contributed by atoms with Crippen molar-refractivity contribution in [1.82, 2.24) is 9.97 Å². The van der Waals surface area contributed by atoms with Gasteiger partial charge >= 0.3 is 0 Å². The van der Waals surface area contributed by atoms with Gasteiger partial charge in [-0.2, -0.15) is 0 Å². The molecule has 3 rings (SSSR count). The summed E-state index contributed by atoms with van der Waals surface area (Å²) in [6, 6.07) is 10.6. The quantitative estimate of drug-likeness (QED) is 0.533. The highest BCUT2D eigenvalue weighted by Gasteiger charge is 2.17. The molecule has 0 radical (unpaired) electrons. The Morgan fingerprint density at radius 2 is 2.04 bits per heavy atom. The molecule has 1 aromatic carbocycles. The molecule has 9 heteroatoms. The summed E-state index contributed by atoms with van der Waals surface area (Å²) >= 11 is 0. The molecular weight excluding hydrogens is 340 g/mol. The summed E-state index contributed by atoms with van der Waals surface area (Å²) in [5.41, 5.74) is 0.474. The Morgan fingerprint density at radius 1 is 1.27 bits per heavy atom. The number of benzene rings is 1. The Labute approximate surface area is 147 Å². The summed E-state index contributed by atoms with van der Waals surface area (Å²) in [5, 5.41) is 13.2. The van der Waals surface area contributed by atoms with Crippen molar-refractivity contribution in [3.63, 3.8) is 0 Å². The average Bonchev–Trinajstić information content (AvgIpc) is 3.17. The van der Waals surface area contributed by atoms with Crippen LogP contribution in [0.4, 0.5) is 11.6 Å². The van der Waals surface area contributed by atoms with Crippen molar-refractivity contribution in [1.29, 1.82) is 0 Å². The zero-order chi connectivity index (χ0) is 18.5. The Hall–Kier alpha value is -3.75. The molecule has 9 nitrogen and oxygen atoms in total. The maximum atomic E-state index is 12.2. The minimum atomic E-state index is -0.854. The average molecular weight is 354 g/mol. The first-order chi connectivity index (χ1) is 12.5. The maximum Gasteiger partial charge on any atom is 0.269 e. The molecule has 2 aromatic heterocycles. The van der Waals surface area contributed by atoms with Gasteiger partial charge in [0.25, 0.3) is 11.6 Å². The number of nitro benzene ring substituents is 1. The molecule has 0 saturated carbocycles. The Morgan fingerprint density at radius 3 is 2.69 bits per heavy atom. The van der Waals surface area contributed by atoms with Crippen LogP contribution in [0.15, 0.2) is 59.3 Å². The zero-order valence-corrected chi connectivity index (χ0v) is 13.7. The van der Waals surface area contributed by atoms with Crippen LogP contribution in [0.3, 0.4) is 0 Å². The van der Waals surface area contributed by atoms with Crippen LogP contribution in [-0.2, 0) is 4.79 Å². The summed E-state index contributed by atoms with van der Waals surface area (Å²) in [6.07, 6.45) is 2.17. The third-order valence-corrected chi connectivity index (χ3v) is 3.39. The fourth-order valence-electron chi connectivity index (χ4n) is 2.10. The molecule has 0 aliphatic rings. The Bertz CT molecular complexity index is 909. The molecule has 0 saturated heterocycles. The van der Waals surface area contributed by atoms with Crippen molar-refractivity contribution >= 4 is 17.5 Å². The van der Waals surface area contributed by atoms with Gasteiger partial charge < -0.3 is 9.15 Å². The van der Waals surface area contributed by atoms with E-state index < -0.39 is 16.9 Å². The van der Waals surface area contributed by atoms with E-state index in [0.717, 1.165) is 0 Å². The second-order valence-electron chi connectivity index (χ2n) is 5.24. The number of aromatic nitrogens is 2. The van der Waals surface area contributed by atoms with E-state index in [1.165, 1.54) is 36.7 Å². The molecule has 0 aliphatic carbocycles. The number of anilines is 1. The first-order valence-corrected chi connectivity index (χ1v) is 7.62. The number of nitrogens with zero attached hydrogens (tertiary/aromatic N) is 3. The lowest BCUT2D eigenvalue weighted by molar-refractivity contribution is -0.384. The lowest BCUT2D eigenvalue weighted by Gasteiger charge is -2.14. The molecular formula is C17H14N4O5. The van der Waals surface area contributed by atoms with E-state index in [2.05, 4.69) is 15.3 Å². The summed E-state index contributed by atoms with van der Waals surface area (Å²) in [5.74, 6) is 0.546. The zero-order valence-electron chi connectivity index (χ0n) is 13.7. The van der Waals surface area contributed by atoms with Crippen molar-refractivity contribution in [2.24, 2.45) is 0 Å². The Kier molecular flexibility index (Phi) is 4.88. The summed E-state index contributed by atoms with van der Waals surface area (Å²) in [4.78, 5) is 30.6. The molecule has 0 unspecified atom stereocenters. The van der Waals surface area contributed by atoms with E-state index in [0.29, 0.717) is 17.2 Å². The standard InChI is InChI=1S/C17H14N4O5/c1-11(26-13-6-4-12(5-7-13)21(23)24)16(22)20-17-18-9-8-14(19-17)15-3-2-10-25-15/h2-11H,1H3,(H,18,19,20,22)/t11-/m0/s1. The molecule has 0 aliphatic heterocycles. The highest BCUT2D eigenvalue weighted by atomic mass is 16.6. The Balaban J connectivity index is 1.64. The number of hydrogen-bond acceptors (Lipinski definition) is 7. The number of carbonyl (C=O) groups is 1. The van der Waals surface area contributed by atoms with E-state index in [1.807, 2.05) is 0 Å². The van der Waals surface area contributed by atoms with Crippen LogP contribution < -0.4 is 10.1 Å². The third kappa shape index (κ3) is 4.01. The summed E-state index contributed by atoms with van der Waals surface area (Å²) < 4.78 is 10.7. The van der Waals surface area contributed by atoms with E-state index in [9.17, 15) is 14.9 Å². The number of hydrogen-bond donors (Lipinski definition) is 1. The minimum Gasteiger partial charge on any atom is -0.481 e. The molecule has 2 heterocycles. The van der Waals surface area contributed by atoms with Gasteiger partial charge in [0.05, 0.1) is 11.2 Å². The van der Waals surface area contributed by atoms with Gasteiger partial charge in [0.15, 0.2) is 11.9 Å². The van der Waals surface area contributed by atoms with Gasteiger partial charge in [-0.3, -0.25) is 20.2 Å². The predicted molar refractivity (Wildman–Crippen MR) is 91.6 cm³/mol. The normalized spacial score (nSPS) is 11.6. The number of non-ortho nitro benzene ring substituents is 1. The van der Waals surface area contributed by atoms with Gasteiger partial charge in [0.2, 0.25) is 5.95 Å². The predicted octanol–water partition coefficient (Wildman–Crippen LogP) is 3.05. The fraction of sp³-hybridized carbons (Fsp3) is 0.118. The van der Waals surface area contributed by atoms with Gasteiger partial charge in [-0.05, 0) is 37.3 Å². The summed E-state index contributed by atoms with van der Waals surface area (Å²) in [7, 11) is 0. The lowest BCUT2D eigenvalue weighted by atomic mass is 10.3. The van der Waals surface area contributed by atoms with Crippen LogP contribution in [0.25, 0.3) is 11.5 Å². The molecule has 132 valence electrons. The number of furan rings is 1. The van der Waals surface area contributed by atoms with Crippen LogP contribution in [0, 0.1) is 10.1 Å². The second kappa shape index (κ2) is 7.43. The monoisotopic (exact) mass is 354 g/mol. The SMILES string of the molecule is C[C@H](Oc1ccc([N+](=O)[O-])cc1)C(=O)Nc1nccc(-c2ccco2)n1. The van der Waals surface area contributed by atoms with Gasteiger partial charge in [-0.25, -0.2) is 9.97 Å². The number of rotatable bonds is 6. The molecule has 1 N–H and O–H groups in total. The number of carbonyl (C=O) groups excluding carboxylic acids is 1. The fourth-order valence-corrected chi connectivity index (χ4v) is 2.10. The van der Waals surface area contributed by atoms with Crippen LogP contribution in [0.2, 0.25) is 0 Å². The first kappa shape index (κ1) is 17.1. The van der Waals surface area contributed by atoms with Gasteiger partial charge in [-0.1, -0.05) is 0 Å². The molecule has 3 aromatic rings. The van der Waals surface area contributed by atoms with Gasteiger partial charge in [0, 0.05) is 18.3 Å². The largest absolute Gasteiger partial charge is 0.481 e. The smallest absolute Gasteiger partial charge is 0.269 e.